The van der Waals surface area contributed by atoms with Crippen LogP contribution in [-0.4, -0.2) is 46.4 Å². The zero-order valence-corrected chi connectivity index (χ0v) is 12.7. The minimum atomic E-state index is -0.933. The average molecular weight is 296 g/mol. The van der Waals surface area contributed by atoms with Crippen molar-refractivity contribution >= 4 is 17.8 Å². The van der Waals surface area contributed by atoms with Gasteiger partial charge < -0.3 is 15.3 Å². The predicted molar refractivity (Wildman–Crippen MR) is 76.5 cm³/mol. The van der Waals surface area contributed by atoms with Gasteiger partial charge in [-0.2, -0.15) is 0 Å². The molecule has 6 heteroatoms. The van der Waals surface area contributed by atoms with Crippen molar-refractivity contribution in [3.63, 3.8) is 0 Å². The van der Waals surface area contributed by atoms with Crippen LogP contribution in [0.2, 0.25) is 0 Å². The van der Waals surface area contributed by atoms with Gasteiger partial charge in [0.05, 0.1) is 11.8 Å². The molecule has 1 saturated carbocycles. The minimum Gasteiger partial charge on any atom is -0.481 e. The number of carboxylic acids is 1. The van der Waals surface area contributed by atoms with Gasteiger partial charge in [-0.1, -0.05) is 12.8 Å². The van der Waals surface area contributed by atoms with Gasteiger partial charge in [-0.15, -0.1) is 0 Å². The van der Waals surface area contributed by atoms with Crippen LogP contribution >= 0.6 is 0 Å². The smallest absolute Gasteiger partial charge is 0.308 e. The summed E-state index contributed by atoms with van der Waals surface area (Å²) >= 11 is 0. The number of likely N-dealkylation sites (tertiary alicyclic amines) is 1. The van der Waals surface area contributed by atoms with Crippen molar-refractivity contribution in [3.8, 4) is 0 Å². The Kier molecular flexibility index (Phi) is 4.85. The van der Waals surface area contributed by atoms with E-state index in [9.17, 15) is 14.4 Å². The number of aliphatic carboxylic acids is 1. The summed E-state index contributed by atoms with van der Waals surface area (Å²) in [6.45, 7) is 3.73. The summed E-state index contributed by atoms with van der Waals surface area (Å²) in [7, 11) is 0. The molecule has 0 aromatic carbocycles. The molecular formula is C15H24N2O4. The second-order valence-electron chi connectivity index (χ2n) is 6.31. The highest BCUT2D eigenvalue weighted by molar-refractivity contribution is 5.89. The van der Waals surface area contributed by atoms with Crippen LogP contribution < -0.4 is 5.32 Å². The van der Waals surface area contributed by atoms with E-state index in [2.05, 4.69) is 5.32 Å². The maximum absolute atomic E-state index is 12.2. The molecule has 3 atom stereocenters. The number of amides is 2. The summed E-state index contributed by atoms with van der Waals surface area (Å²) in [6.07, 6.45) is 4.62. The number of hydrogen-bond donors (Lipinski definition) is 2. The highest BCUT2D eigenvalue weighted by atomic mass is 16.4. The fourth-order valence-corrected chi connectivity index (χ4v) is 3.16. The Morgan fingerprint density at radius 3 is 2.48 bits per heavy atom. The number of nitrogens with one attached hydrogen (secondary N) is 1. The highest BCUT2D eigenvalue weighted by Gasteiger charge is 2.39. The molecule has 0 bridgehead atoms. The first kappa shape index (κ1) is 15.8. The Morgan fingerprint density at radius 1 is 1.29 bits per heavy atom. The van der Waals surface area contributed by atoms with E-state index in [1.54, 1.807) is 13.8 Å². The number of nitrogens with zero attached hydrogens (tertiary/aromatic N) is 1. The molecule has 3 unspecified atom stereocenters. The third kappa shape index (κ3) is 3.54. The number of hydrogen-bond acceptors (Lipinski definition) is 3. The van der Waals surface area contributed by atoms with E-state index >= 15 is 0 Å². The highest BCUT2D eigenvalue weighted by Crippen LogP contribution is 2.29. The average Bonchev–Trinajstić information content (AvgIpc) is 3.06. The summed E-state index contributed by atoms with van der Waals surface area (Å²) in [6, 6.07) is -0.142. The SMILES string of the molecule is CC(NC(=O)C1CC(=O)N(C2CCCC2)C1)C(C)C(=O)O. The summed E-state index contributed by atoms with van der Waals surface area (Å²) in [5.74, 6) is -2.07. The third-order valence-electron chi connectivity index (χ3n) is 4.80. The van der Waals surface area contributed by atoms with Crippen molar-refractivity contribution in [2.24, 2.45) is 11.8 Å². The van der Waals surface area contributed by atoms with Crippen molar-refractivity contribution < 1.29 is 19.5 Å². The molecule has 6 nitrogen and oxygen atoms in total. The molecule has 0 spiro atoms. The lowest BCUT2D eigenvalue weighted by molar-refractivity contribution is -0.142. The largest absolute Gasteiger partial charge is 0.481 e. The lowest BCUT2D eigenvalue weighted by Crippen LogP contribution is -2.43. The molecule has 0 aromatic heterocycles. The van der Waals surface area contributed by atoms with Crippen molar-refractivity contribution in [2.45, 2.75) is 58.0 Å². The molecule has 2 amide bonds. The number of carbonyl (C=O) groups is 3. The number of carbonyl (C=O) groups excluding carboxylic acids is 2. The minimum absolute atomic E-state index is 0.0565. The summed E-state index contributed by atoms with van der Waals surface area (Å²) in [5.41, 5.74) is 0. The fraction of sp³-hybridized carbons (Fsp3) is 0.800. The maximum atomic E-state index is 12.2. The summed E-state index contributed by atoms with van der Waals surface area (Å²) in [5, 5.41) is 11.7. The third-order valence-corrected chi connectivity index (χ3v) is 4.80. The first-order valence-electron chi connectivity index (χ1n) is 7.72. The van der Waals surface area contributed by atoms with Gasteiger partial charge in [-0.25, -0.2) is 0 Å². The molecule has 1 heterocycles. The van der Waals surface area contributed by atoms with Crippen LogP contribution in [0.25, 0.3) is 0 Å². The van der Waals surface area contributed by atoms with E-state index < -0.39 is 17.9 Å². The Bertz CT molecular complexity index is 431. The van der Waals surface area contributed by atoms with E-state index in [4.69, 9.17) is 5.11 Å². The van der Waals surface area contributed by atoms with Crippen LogP contribution in [0.4, 0.5) is 0 Å². The first-order valence-corrected chi connectivity index (χ1v) is 7.72. The van der Waals surface area contributed by atoms with Crippen molar-refractivity contribution in [2.75, 3.05) is 6.54 Å². The lowest BCUT2D eigenvalue weighted by Gasteiger charge is -2.24. The van der Waals surface area contributed by atoms with Gasteiger partial charge in [-0.3, -0.25) is 14.4 Å². The summed E-state index contributed by atoms with van der Waals surface area (Å²) < 4.78 is 0. The molecule has 118 valence electrons. The monoisotopic (exact) mass is 296 g/mol. The van der Waals surface area contributed by atoms with Gasteiger partial charge in [0.1, 0.15) is 0 Å². The van der Waals surface area contributed by atoms with Gasteiger partial charge in [0.2, 0.25) is 11.8 Å². The van der Waals surface area contributed by atoms with Gasteiger partial charge in [0, 0.05) is 25.0 Å². The molecule has 2 rings (SSSR count). The van der Waals surface area contributed by atoms with Crippen molar-refractivity contribution in [1.29, 1.82) is 0 Å². The quantitative estimate of drug-likeness (QED) is 0.792. The topological polar surface area (TPSA) is 86.7 Å². The molecule has 1 aliphatic heterocycles. The van der Waals surface area contributed by atoms with Crippen LogP contribution in [0, 0.1) is 11.8 Å². The predicted octanol–water partition coefficient (Wildman–Crippen LogP) is 1.00. The Morgan fingerprint density at radius 2 is 1.90 bits per heavy atom. The molecule has 21 heavy (non-hydrogen) atoms. The second-order valence-corrected chi connectivity index (χ2v) is 6.31. The van der Waals surface area contributed by atoms with E-state index in [-0.39, 0.29) is 24.2 Å². The zero-order chi connectivity index (χ0) is 15.6. The molecule has 1 aliphatic carbocycles. The van der Waals surface area contributed by atoms with E-state index in [0.29, 0.717) is 12.6 Å². The van der Waals surface area contributed by atoms with E-state index in [1.165, 1.54) is 0 Å². The van der Waals surface area contributed by atoms with Crippen LogP contribution in [-0.2, 0) is 14.4 Å². The van der Waals surface area contributed by atoms with Crippen LogP contribution in [0.3, 0.4) is 0 Å². The van der Waals surface area contributed by atoms with E-state index in [0.717, 1.165) is 25.7 Å². The molecule has 2 aliphatic rings. The lowest BCUT2D eigenvalue weighted by atomic mass is 10.0. The van der Waals surface area contributed by atoms with Crippen LogP contribution in [0.1, 0.15) is 46.0 Å². The Labute approximate surface area is 124 Å². The van der Waals surface area contributed by atoms with Gasteiger partial charge in [-0.05, 0) is 26.7 Å². The second kappa shape index (κ2) is 6.45. The van der Waals surface area contributed by atoms with Gasteiger partial charge in [0.25, 0.3) is 0 Å². The van der Waals surface area contributed by atoms with Crippen molar-refractivity contribution in [3.05, 3.63) is 0 Å². The van der Waals surface area contributed by atoms with Crippen LogP contribution in [0.5, 0.6) is 0 Å². The number of rotatable bonds is 5. The van der Waals surface area contributed by atoms with Gasteiger partial charge in [0.15, 0.2) is 0 Å². The number of carboxylic acid groups (broad SMARTS) is 1. The molecule has 2 fully saturated rings. The van der Waals surface area contributed by atoms with Gasteiger partial charge >= 0.3 is 5.97 Å². The van der Waals surface area contributed by atoms with E-state index in [1.807, 2.05) is 4.90 Å². The van der Waals surface area contributed by atoms with Crippen LogP contribution in [0.15, 0.2) is 0 Å². The normalized spacial score (nSPS) is 25.9. The zero-order valence-electron chi connectivity index (χ0n) is 12.7. The maximum Gasteiger partial charge on any atom is 0.308 e. The Hall–Kier alpha value is -1.59. The van der Waals surface area contributed by atoms with Crippen molar-refractivity contribution in [1.82, 2.24) is 10.2 Å². The molecule has 0 radical (unpaired) electrons. The molecule has 0 aromatic rings. The Balaban J connectivity index is 1.89. The molecular weight excluding hydrogens is 272 g/mol. The first-order chi connectivity index (χ1) is 9.90. The molecule has 1 saturated heterocycles. The fourth-order valence-electron chi connectivity index (χ4n) is 3.16. The standard InChI is InChI=1S/C15H24N2O4/c1-9(15(20)21)10(2)16-14(19)11-7-13(18)17(8-11)12-5-3-4-6-12/h9-12H,3-8H2,1-2H3,(H,16,19)(H,20,21). The molecule has 2 N–H and O–H groups in total. The summed E-state index contributed by atoms with van der Waals surface area (Å²) in [4.78, 5) is 37.0.